The van der Waals surface area contributed by atoms with Gasteiger partial charge in [-0.1, -0.05) is 11.2 Å². The molecular formula is C17H17N5O3S. The van der Waals surface area contributed by atoms with E-state index in [0.717, 1.165) is 5.01 Å². The lowest BCUT2D eigenvalue weighted by Crippen LogP contribution is -2.46. The van der Waals surface area contributed by atoms with Gasteiger partial charge in [0.05, 0.1) is 17.7 Å². The maximum Gasteiger partial charge on any atom is 0.276 e. The predicted molar refractivity (Wildman–Crippen MR) is 93.7 cm³/mol. The van der Waals surface area contributed by atoms with Crippen molar-refractivity contribution in [2.75, 3.05) is 19.7 Å². The number of ether oxygens (including phenoxy) is 1. The van der Waals surface area contributed by atoms with Gasteiger partial charge in [-0.25, -0.2) is 4.98 Å². The summed E-state index contributed by atoms with van der Waals surface area (Å²) in [6, 6.07) is 5.50. The van der Waals surface area contributed by atoms with E-state index in [1.807, 2.05) is 25.1 Å². The molecule has 0 aromatic carbocycles. The summed E-state index contributed by atoms with van der Waals surface area (Å²) in [4.78, 5) is 27.2. The fraction of sp³-hybridized carbons (Fsp3) is 0.353. The van der Waals surface area contributed by atoms with E-state index in [1.165, 1.54) is 11.3 Å². The van der Waals surface area contributed by atoms with Gasteiger partial charge in [0.2, 0.25) is 0 Å². The normalized spacial score (nSPS) is 17.4. The Morgan fingerprint density at radius 1 is 1.38 bits per heavy atom. The number of thiazole rings is 1. The number of carbonyl (C=O) groups is 1. The van der Waals surface area contributed by atoms with Crippen molar-refractivity contribution in [2.45, 2.75) is 19.4 Å². The molecule has 0 radical (unpaired) electrons. The van der Waals surface area contributed by atoms with Gasteiger partial charge in [0.25, 0.3) is 11.8 Å². The molecule has 1 fully saturated rings. The molecule has 0 bridgehead atoms. The molecule has 3 aromatic heterocycles. The summed E-state index contributed by atoms with van der Waals surface area (Å²) in [7, 11) is 0. The number of carbonyl (C=O) groups excluding carboxylic acids is 1. The molecule has 1 amide bonds. The third kappa shape index (κ3) is 3.63. The van der Waals surface area contributed by atoms with Gasteiger partial charge < -0.3 is 14.2 Å². The standard InChI is InChI=1S/C17H17N5O3S/c1-11-19-14(10-26-11)17(23)22-6-7-24-12(9-22)8-15-20-16(25-21-15)13-4-2-3-5-18-13/h2-5,10,12H,6-9H2,1H3. The van der Waals surface area contributed by atoms with E-state index in [4.69, 9.17) is 9.26 Å². The van der Waals surface area contributed by atoms with E-state index < -0.39 is 0 Å². The van der Waals surface area contributed by atoms with E-state index >= 15 is 0 Å². The van der Waals surface area contributed by atoms with Crippen LogP contribution in [0.4, 0.5) is 0 Å². The highest BCUT2D eigenvalue weighted by atomic mass is 32.1. The fourth-order valence-corrected chi connectivity index (χ4v) is 3.37. The number of aromatic nitrogens is 4. The average Bonchev–Trinajstić information content (AvgIpc) is 3.31. The summed E-state index contributed by atoms with van der Waals surface area (Å²) in [5.41, 5.74) is 1.12. The van der Waals surface area contributed by atoms with Gasteiger partial charge in [-0.3, -0.25) is 9.78 Å². The van der Waals surface area contributed by atoms with Crippen LogP contribution in [0.3, 0.4) is 0 Å². The highest BCUT2D eigenvalue weighted by Crippen LogP contribution is 2.17. The second-order valence-corrected chi connectivity index (χ2v) is 6.99. The number of rotatable bonds is 4. The summed E-state index contributed by atoms with van der Waals surface area (Å²) in [6.45, 7) is 3.39. The van der Waals surface area contributed by atoms with Gasteiger partial charge in [0.15, 0.2) is 5.82 Å². The van der Waals surface area contributed by atoms with E-state index in [1.54, 1.807) is 16.5 Å². The molecule has 1 aliphatic rings. The highest BCUT2D eigenvalue weighted by molar-refractivity contribution is 7.09. The molecule has 0 aliphatic carbocycles. The minimum absolute atomic E-state index is 0.0649. The molecule has 9 heteroatoms. The first kappa shape index (κ1) is 16.8. The molecule has 0 saturated carbocycles. The van der Waals surface area contributed by atoms with E-state index in [0.29, 0.717) is 49.2 Å². The van der Waals surface area contributed by atoms with Crippen molar-refractivity contribution in [2.24, 2.45) is 0 Å². The van der Waals surface area contributed by atoms with Gasteiger partial charge in [-0.05, 0) is 19.1 Å². The van der Waals surface area contributed by atoms with Crippen LogP contribution in [0.1, 0.15) is 21.3 Å². The Balaban J connectivity index is 1.41. The van der Waals surface area contributed by atoms with Crippen molar-refractivity contribution in [1.29, 1.82) is 0 Å². The van der Waals surface area contributed by atoms with Crippen LogP contribution >= 0.6 is 11.3 Å². The maximum atomic E-state index is 12.6. The van der Waals surface area contributed by atoms with Gasteiger partial charge in [0.1, 0.15) is 11.4 Å². The summed E-state index contributed by atoms with van der Waals surface area (Å²) < 4.78 is 11.0. The molecule has 0 N–H and O–H groups in total. The largest absolute Gasteiger partial charge is 0.374 e. The fourth-order valence-electron chi connectivity index (χ4n) is 2.78. The van der Waals surface area contributed by atoms with Crippen molar-refractivity contribution < 1.29 is 14.1 Å². The zero-order valence-corrected chi connectivity index (χ0v) is 15.0. The number of hydrogen-bond acceptors (Lipinski definition) is 8. The molecule has 26 heavy (non-hydrogen) atoms. The molecule has 134 valence electrons. The van der Waals surface area contributed by atoms with Crippen molar-refractivity contribution >= 4 is 17.2 Å². The Bertz CT molecular complexity index is 895. The van der Waals surface area contributed by atoms with Crippen molar-refractivity contribution in [3.05, 3.63) is 46.3 Å². The zero-order valence-electron chi connectivity index (χ0n) is 14.2. The molecule has 4 rings (SSSR count). The molecule has 0 spiro atoms. The van der Waals surface area contributed by atoms with Crippen molar-refractivity contribution in [3.63, 3.8) is 0 Å². The molecule has 3 aromatic rings. The first-order valence-corrected chi connectivity index (χ1v) is 9.14. The summed E-state index contributed by atoms with van der Waals surface area (Å²) >= 11 is 1.47. The monoisotopic (exact) mass is 371 g/mol. The van der Waals surface area contributed by atoms with Gasteiger partial charge in [-0.2, -0.15) is 4.98 Å². The Labute approximate surface area is 153 Å². The molecule has 1 atom stereocenters. The minimum atomic E-state index is -0.179. The van der Waals surface area contributed by atoms with E-state index in [2.05, 4.69) is 20.1 Å². The van der Waals surface area contributed by atoms with Gasteiger partial charge >= 0.3 is 0 Å². The molecular weight excluding hydrogens is 354 g/mol. The van der Waals surface area contributed by atoms with Crippen molar-refractivity contribution in [1.82, 2.24) is 25.0 Å². The van der Waals surface area contributed by atoms with Crippen LogP contribution in [0.5, 0.6) is 0 Å². The van der Waals surface area contributed by atoms with Crippen molar-refractivity contribution in [3.8, 4) is 11.6 Å². The Hall–Kier alpha value is -2.65. The number of amides is 1. The first-order chi connectivity index (χ1) is 12.7. The van der Waals surface area contributed by atoms with Gasteiger partial charge in [0, 0.05) is 31.1 Å². The Morgan fingerprint density at radius 3 is 3.08 bits per heavy atom. The highest BCUT2D eigenvalue weighted by Gasteiger charge is 2.27. The topological polar surface area (TPSA) is 94.2 Å². The summed E-state index contributed by atoms with van der Waals surface area (Å²) in [6.07, 6.45) is 1.96. The minimum Gasteiger partial charge on any atom is -0.374 e. The van der Waals surface area contributed by atoms with Gasteiger partial charge in [-0.15, -0.1) is 11.3 Å². The number of nitrogens with zero attached hydrogens (tertiary/aromatic N) is 5. The molecule has 1 aliphatic heterocycles. The summed E-state index contributed by atoms with van der Waals surface area (Å²) in [5, 5.41) is 6.67. The zero-order chi connectivity index (χ0) is 17.9. The van der Waals surface area contributed by atoms with Crippen LogP contribution in [-0.2, 0) is 11.2 Å². The average molecular weight is 371 g/mol. The second-order valence-electron chi connectivity index (χ2n) is 5.93. The van der Waals surface area contributed by atoms with Crippen LogP contribution < -0.4 is 0 Å². The molecule has 4 heterocycles. The number of pyridine rings is 1. The van der Waals surface area contributed by atoms with Crippen LogP contribution in [-0.4, -0.2) is 56.7 Å². The third-order valence-electron chi connectivity index (χ3n) is 4.03. The predicted octanol–water partition coefficient (Wildman–Crippen LogP) is 1.98. The van der Waals surface area contributed by atoms with E-state index in [9.17, 15) is 4.79 Å². The first-order valence-electron chi connectivity index (χ1n) is 8.26. The summed E-state index contributed by atoms with van der Waals surface area (Å²) in [5.74, 6) is 0.849. The lowest BCUT2D eigenvalue weighted by Gasteiger charge is -2.32. The maximum absolute atomic E-state index is 12.6. The van der Waals surface area contributed by atoms with Crippen LogP contribution in [0, 0.1) is 6.92 Å². The second kappa shape index (κ2) is 7.30. The molecule has 8 nitrogen and oxygen atoms in total. The molecule has 1 unspecified atom stereocenters. The number of aryl methyl sites for hydroxylation is 1. The number of morpholine rings is 1. The third-order valence-corrected chi connectivity index (χ3v) is 4.80. The van der Waals surface area contributed by atoms with Crippen LogP contribution in [0.2, 0.25) is 0 Å². The SMILES string of the molecule is Cc1nc(C(=O)N2CCOC(Cc3noc(-c4ccccn4)n3)C2)cs1. The lowest BCUT2D eigenvalue weighted by molar-refractivity contribution is -0.0219. The lowest BCUT2D eigenvalue weighted by atomic mass is 10.2. The smallest absolute Gasteiger partial charge is 0.276 e. The quantitative estimate of drug-likeness (QED) is 0.692. The molecule has 1 saturated heterocycles. The van der Waals surface area contributed by atoms with E-state index in [-0.39, 0.29) is 12.0 Å². The van der Waals surface area contributed by atoms with Crippen LogP contribution in [0.15, 0.2) is 34.3 Å². The Kier molecular flexibility index (Phi) is 4.72. The Morgan fingerprint density at radius 2 is 2.31 bits per heavy atom. The number of hydrogen-bond donors (Lipinski definition) is 0. The van der Waals surface area contributed by atoms with Crippen LogP contribution in [0.25, 0.3) is 11.6 Å².